The van der Waals surface area contributed by atoms with Crippen molar-refractivity contribution in [2.75, 3.05) is 46.2 Å². The van der Waals surface area contributed by atoms with Gasteiger partial charge in [0.25, 0.3) is 0 Å². The monoisotopic (exact) mass is 454 g/mol. The van der Waals surface area contributed by atoms with E-state index in [1.54, 1.807) is 0 Å². The zero-order chi connectivity index (χ0) is 16.4. The summed E-state index contributed by atoms with van der Waals surface area (Å²) in [5.74, 6) is 2.08. The second-order valence-corrected chi connectivity index (χ2v) is 6.49. The summed E-state index contributed by atoms with van der Waals surface area (Å²) in [5.41, 5.74) is 1.20. The number of nitrogens with one attached hydrogen (secondary N) is 2. The van der Waals surface area contributed by atoms with Gasteiger partial charge < -0.3 is 15.5 Å². The Hall–Kier alpha value is -0.480. The van der Waals surface area contributed by atoms with Crippen molar-refractivity contribution in [3.8, 4) is 0 Å². The van der Waals surface area contributed by atoms with Gasteiger partial charge in [-0.15, -0.1) is 24.0 Å². The lowest BCUT2D eigenvalue weighted by Gasteiger charge is -2.24. The summed E-state index contributed by atoms with van der Waals surface area (Å²) in [6, 6.07) is 0.267. The van der Waals surface area contributed by atoms with Gasteiger partial charge >= 0.3 is 0 Å². The Kier molecular flexibility index (Phi) is 12.6. The summed E-state index contributed by atoms with van der Waals surface area (Å²) < 4.78 is 1.84. The highest BCUT2D eigenvalue weighted by Crippen LogP contribution is 2.15. The number of hydrogen-bond acceptors (Lipinski definition) is 4. The molecule has 6 nitrogen and oxygen atoms in total. The lowest BCUT2D eigenvalue weighted by Crippen LogP contribution is -2.42. The van der Waals surface area contributed by atoms with Gasteiger partial charge in [0, 0.05) is 38.9 Å². The number of unbranched alkanes of at least 4 members (excludes halogenated alkanes) is 1. The van der Waals surface area contributed by atoms with Crippen LogP contribution in [0.3, 0.4) is 0 Å². The van der Waals surface area contributed by atoms with Crippen molar-refractivity contribution < 1.29 is 0 Å². The highest BCUT2D eigenvalue weighted by Gasteiger charge is 2.16. The first kappa shape index (κ1) is 22.5. The Morgan fingerprint density at radius 3 is 2.65 bits per heavy atom. The van der Waals surface area contributed by atoms with Crippen molar-refractivity contribution in [2.24, 2.45) is 12.0 Å². The topological polar surface area (TPSA) is 57.5 Å². The Labute approximate surface area is 161 Å². The second kappa shape index (κ2) is 12.9. The number of likely N-dealkylation sites (N-methyl/N-ethyl adjacent to an activating group) is 1. The van der Waals surface area contributed by atoms with Gasteiger partial charge in [-0.2, -0.15) is 16.9 Å². The van der Waals surface area contributed by atoms with Crippen LogP contribution in [0, 0.1) is 0 Å². The molecule has 2 N–H and O–H groups in total. The standard InChI is InChI=1S/C15H30N6S.HI/c1-16-15(17-8-6-7-9-22-5)18-11-14(20(2)3)13-10-19-21(4)12-13;/h10,12,14H,6-9,11H2,1-5H3,(H2,16,17,18);1H. The summed E-state index contributed by atoms with van der Waals surface area (Å²) in [7, 11) is 7.92. The third-order valence-electron chi connectivity index (χ3n) is 3.49. The molecule has 0 aliphatic carbocycles. The van der Waals surface area contributed by atoms with E-state index in [9.17, 15) is 0 Å². The molecule has 0 saturated carbocycles. The number of aromatic nitrogens is 2. The summed E-state index contributed by atoms with van der Waals surface area (Å²) in [6.07, 6.45) is 8.53. The average molecular weight is 454 g/mol. The summed E-state index contributed by atoms with van der Waals surface area (Å²) in [6.45, 7) is 1.75. The lowest BCUT2D eigenvalue weighted by molar-refractivity contribution is 0.298. The normalized spacial score (nSPS) is 12.9. The quantitative estimate of drug-likeness (QED) is 0.259. The highest BCUT2D eigenvalue weighted by molar-refractivity contribution is 14.0. The van der Waals surface area contributed by atoms with E-state index in [2.05, 4.69) is 52.2 Å². The maximum absolute atomic E-state index is 4.29. The number of aryl methyl sites for hydroxylation is 1. The van der Waals surface area contributed by atoms with Gasteiger partial charge in [-0.05, 0) is 38.9 Å². The van der Waals surface area contributed by atoms with Crippen molar-refractivity contribution in [3.05, 3.63) is 18.0 Å². The van der Waals surface area contributed by atoms with Crippen LogP contribution in [-0.4, -0.2) is 66.9 Å². The largest absolute Gasteiger partial charge is 0.356 e. The number of nitrogens with zero attached hydrogens (tertiary/aromatic N) is 4. The molecule has 0 saturated heterocycles. The Bertz CT molecular complexity index is 449. The van der Waals surface area contributed by atoms with E-state index in [0.717, 1.165) is 19.0 Å². The first-order valence-electron chi connectivity index (χ1n) is 7.67. The van der Waals surface area contributed by atoms with Crippen LogP contribution in [0.5, 0.6) is 0 Å². The molecule has 1 heterocycles. The van der Waals surface area contributed by atoms with E-state index in [-0.39, 0.29) is 30.0 Å². The van der Waals surface area contributed by atoms with Crippen LogP contribution in [0.25, 0.3) is 0 Å². The predicted molar refractivity (Wildman–Crippen MR) is 112 cm³/mol. The lowest BCUT2D eigenvalue weighted by atomic mass is 10.1. The number of hydrogen-bond donors (Lipinski definition) is 2. The smallest absolute Gasteiger partial charge is 0.191 e. The van der Waals surface area contributed by atoms with Crippen LogP contribution >= 0.6 is 35.7 Å². The molecule has 1 unspecified atom stereocenters. The molecule has 134 valence electrons. The molecular formula is C15H31IN6S. The first-order valence-corrected chi connectivity index (χ1v) is 9.06. The van der Waals surface area contributed by atoms with Gasteiger partial charge in [0.1, 0.15) is 0 Å². The van der Waals surface area contributed by atoms with Crippen molar-refractivity contribution in [3.63, 3.8) is 0 Å². The molecule has 0 fully saturated rings. The average Bonchev–Trinajstić information content (AvgIpc) is 2.91. The number of guanidine groups is 1. The number of thioether (sulfide) groups is 1. The Balaban J connectivity index is 0.00000484. The highest BCUT2D eigenvalue weighted by atomic mass is 127. The molecule has 0 amide bonds. The molecule has 1 aromatic rings. The third kappa shape index (κ3) is 8.80. The summed E-state index contributed by atoms with van der Waals surface area (Å²) in [5, 5.41) is 11.0. The Morgan fingerprint density at radius 1 is 1.39 bits per heavy atom. The van der Waals surface area contributed by atoms with Gasteiger partial charge in [0.15, 0.2) is 5.96 Å². The minimum absolute atomic E-state index is 0. The van der Waals surface area contributed by atoms with Crippen LogP contribution in [0.4, 0.5) is 0 Å². The summed E-state index contributed by atoms with van der Waals surface area (Å²) in [4.78, 5) is 6.48. The van der Waals surface area contributed by atoms with Crippen LogP contribution in [-0.2, 0) is 7.05 Å². The Morgan fingerprint density at radius 2 is 2.13 bits per heavy atom. The van der Waals surface area contributed by atoms with Crippen molar-refractivity contribution in [1.82, 2.24) is 25.3 Å². The molecule has 8 heteroatoms. The van der Waals surface area contributed by atoms with E-state index >= 15 is 0 Å². The number of rotatable bonds is 9. The molecular weight excluding hydrogens is 423 g/mol. The van der Waals surface area contributed by atoms with E-state index in [1.807, 2.05) is 36.7 Å². The fourth-order valence-corrected chi connectivity index (χ4v) is 2.70. The van der Waals surface area contributed by atoms with Gasteiger partial charge in [-0.25, -0.2) is 0 Å². The number of aliphatic imine (C=N–C) groups is 1. The van der Waals surface area contributed by atoms with Crippen LogP contribution in [0.1, 0.15) is 24.4 Å². The van der Waals surface area contributed by atoms with Crippen molar-refractivity contribution >= 4 is 41.7 Å². The van der Waals surface area contributed by atoms with Crippen molar-refractivity contribution in [1.29, 1.82) is 0 Å². The predicted octanol–water partition coefficient (Wildman–Crippen LogP) is 1.95. The van der Waals surface area contributed by atoms with Gasteiger partial charge in [0.2, 0.25) is 0 Å². The molecule has 0 aromatic carbocycles. The maximum Gasteiger partial charge on any atom is 0.191 e. The van der Waals surface area contributed by atoms with Crippen LogP contribution < -0.4 is 10.6 Å². The zero-order valence-corrected chi connectivity index (χ0v) is 18.0. The SMILES string of the molecule is CN=C(NCCCCSC)NCC(c1cnn(C)c1)N(C)C.I. The molecule has 0 bridgehead atoms. The molecule has 23 heavy (non-hydrogen) atoms. The minimum Gasteiger partial charge on any atom is -0.356 e. The zero-order valence-electron chi connectivity index (χ0n) is 14.9. The molecule has 1 rings (SSSR count). The molecule has 1 atom stereocenters. The fraction of sp³-hybridized carbons (Fsp3) is 0.733. The third-order valence-corrected chi connectivity index (χ3v) is 4.18. The van der Waals surface area contributed by atoms with Crippen molar-refractivity contribution in [2.45, 2.75) is 18.9 Å². The molecule has 1 aromatic heterocycles. The van der Waals surface area contributed by atoms with E-state index < -0.39 is 0 Å². The van der Waals surface area contributed by atoms with E-state index in [4.69, 9.17) is 0 Å². The van der Waals surface area contributed by atoms with E-state index in [0.29, 0.717) is 0 Å². The minimum atomic E-state index is 0. The van der Waals surface area contributed by atoms with Gasteiger partial charge in [0.05, 0.1) is 12.2 Å². The molecule has 0 radical (unpaired) electrons. The molecule has 0 aliphatic rings. The summed E-state index contributed by atoms with van der Waals surface area (Å²) >= 11 is 1.90. The van der Waals surface area contributed by atoms with Gasteiger partial charge in [-0.3, -0.25) is 9.67 Å². The number of halogens is 1. The second-order valence-electron chi connectivity index (χ2n) is 5.51. The van der Waals surface area contributed by atoms with Crippen LogP contribution in [0.15, 0.2) is 17.4 Å². The van der Waals surface area contributed by atoms with Gasteiger partial charge in [-0.1, -0.05) is 0 Å². The van der Waals surface area contributed by atoms with Crippen LogP contribution in [0.2, 0.25) is 0 Å². The molecule has 0 aliphatic heterocycles. The van der Waals surface area contributed by atoms with E-state index in [1.165, 1.54) is 24.2 Å². The first-order chi connectivity index (χ1) is 10.6. The molecule has 0 spiro atoms. The fourth-order valence-electron chi connectivity index (χ4n) is 2.20. The maximum atomic E-state index is 4.29.